The van der Waals surface area contributed by atoms with Gasteiger partial charge in [-0.05, 0) is 37.8 Å². The second-order valence-corrected chi connectivity index (χ2v) is 7.20. The summed E-state index contributed by atoms with van der Waals surface area (Å²) in [7, 11) is 0. The van der Waals surface area contributed by atoms with Gasteiger partial charge in [-0.25, -0.2) is 9.48 Å². The van der Waals surface area contributed by atoms with Crippen LogP contribution in [0.25, 0.3) is 0 Å². The molecule has 4 rings (SSSR count). The van der Waals surface area contributed by atoms with E-state index in [0.717, 1.165) is 42.3 Å². The van der Waals surface area contributed by atoms with E-state index in [1.165, 1.54) is 4.57 Å². The monoisotopic (exact) mass is 395 g/mol. The summed E-state index contributed by atoms with van der Waals surface area (Å²) in [5.41, 5.74) is -1.21. The van der Waals surface area contributed by atoms with Crippen molar-refractivity contribution in [2.45, 2.75) is 50.9 Å². The molecule has 0 radical (unpaired) electrons. The van der Waals surface area contributed by atoms with Crippen LogP contribution in [0.4, 0.5) is 13.2 Å². The maximum Gasteiger partial charge on any atom is 0.416 e. The summed E-state index contributed by atoms with van der Waals surface area (Å²) < 4.78 is 41.2. The number of carbonyl (C=O) groups is 1. The fraction of sp³-hybridized carbons (Fsp3) is 0.556. The first-order valence-corrected chi connectivity index (χ1v) is 9.34. The van der Waals surface area contributed by atoms with Crippen molar-refractivity contribution < 1.29 is 18.0 Å². The van der Waals surface area contributed by atoms with Gasteiger partial charge in [0.25, 0.3) is 0 Å². The Kier molecular flexibility index (Phi) is 4.72. The van der Waals surface area contributed by atoms with Crippen LogP contribution >= 0.6 is 0 Å². The first-order valence-electron chi connectivity index (χ1n) is 9.34. The quantitative estimate of drug-likeness (QED) is 0.797. The number of halogens is 3. The number of pyridine rings is 1. The topological polar surface area (TPSA) is 73.0 Å². The van der Waals surface area contributed by atoms with Crippen molar-refractivity contribution >= 4 is 5.91 Å². The molecule has 2 aliphatic rings. The molecule has 1 amide bonds. The molecule has 7 nitrogen and oxygen atoms in total. The Hall–Kier alpha value is -2.65. The van der Waals surface area contributed by atoms with E-state index in [4.69, 9.17) is 0 Å². The second kappa shape index (κ2) is 7.06. The van der Waals surface area contributed by atoms with E-state index in [2.05, 4.69) is 10.1 Å². The summed E-state index contributed by atoms with van der Waals surface area (Å²) in [5.74, 6) is 0.429. The average Bonchev–Trinajstić information content (AvgIpc) is 3.30. The first-order chi connectivity index (χ1) is 13.3. The Morgan fingerprint density at radius 3 is 2.68 bits per heavy atom. The fourth-order valence-electron chi connectivity index (χ4n) is 3.91. The van der Waals surface area contributed by atoms with Crippen LogP contribution in [0, 0.1) is 0 Å². The van der Waals surface area contributed by atoms with Crippen molar-refractivity contribution in [3.63, 3.8) is 0 Å². The minimum absolute atomic E-state index is 0.0720. The molecule has 0 aromatic carbocycles. The van der Waals surface area contributed by atoms with Crippen molar-refractivity contribution in [1.82, 2.24) is 24.2 Å². The smallest absolute Gasteiger partial charge is 0.341 e. The van der Waals surface area contributed by atoms with Crippen LogP contribution in [0.15, 0.2) is 23.1 Å². The molecule has 2 aromatic rings. The Balaban J connectivity index is 1.63. The number of carbonyl (C=O) groups excluding carboxylic acids is 1. The number of amides is 1. The minimum Gasteiger partial charge on any atom is -0.341 e. The summed E-state index contributed by atoms with van der Waals surface area (Å²) in [6.45, 7) is 1.22. The fourth-order valence-corrected chi connectivity index (χ4v) is 3.91. The van der Waals surface area contributed by atoms with E-state index >= 15 is 0 Å². The van der Waals surface area contributed by atoms with Crippen LogP contribution in [-0.2, 0) is 23.9 Å². The number of hydrogen-bond donors (Lipinski definition) is 0. The summed E-state index contributed by atoms with van der Waals surface area (Å²) in [5, 5.41) is 4.27. The van der Waals surface area contributed by atoms with Crippen LogP contribution < -0.4 is 5.69 Å². The molecule has 0 aliphatic carbocycles. The van der Waals surface area contributed by atoms with E-state index in [1.807, 2.05) is 0 Å². The lowest BCUT2D eigenvalue weighted by atomic mass is 10.0. The van der Waals surface area contributed by atoms with Crippen LogP contribution in [0.5, 0.6) is 0 Å². The molecule has 1 atom stereocenters. The molecule has 1 saturated heterocycles. The minimum atomic E-state index is -4.48. The van der Waals surface area contributed by atoms with Gasteiger partial charge in [-0.3, -0.25) is 14.3 Å². The Morgan fingerprint density at radius 1 is 1.21 bits per heavy atom. The third kappa shape index (κ3) is 3.43. The standard InChI is InChI=1S/C18H20F3N5O2/c19-18(20,21)12-6-7-22-13(10-12)11-25-17(28)26-14(4-3-5-15(26)23-25)16(27)24-8-1-2-9-24/h6-7,10,14H,1-5,8-9,11H2/t14-/m0/s1. The highest BCUT2D eigenvalue weighted by molar-refractivity contribution is 5.80. The molecule has 150 valence electrons. The highest BCUT2D eigenvalue weighted by Gasteiger charge is 2.34. The van der Waals surface area contributed by atoms with E-state index in [9.17, 15) is 22.8 Å². The molecule has 0 spiro atoms. The number of aromatic nitrogens is 4. The number of nitrogens with zero attached hydrogens (tertiary/aromatic N) is 5. The molecule has 0 saturated carbocycles. The van der Waals surface area contributed by atoms with E-state index in [1.54, 1.807) is 4.90 Å². The Bertz CT molecular complexity index is 943. The lowest BCUT2D eigenvalue weighted by Crippen LogP contribution is -2.41. The molecule has 0 bridgehead atoms. The van der Waals surface area contributed by atoms with E-state index in [0.29, 0.717) is 31.8 Å². The summed E-state index contributed by atoms with van der Waals surface area (Å²) in [6, 6.07) is 1.21. The molecule has 2 aliphatic heterocycles. The van der Waals surface area contributed by atoms with Crippen molar-refractivity contribution in [3.8, 4) is 0 Å². The average molecular weight is 395 g/mol. The van der Waals surface area contributed by atoms with E-state index < -0.39 is 23.5 Å². The van der Waals surface area contributed by atoms with Crippen LogP contribution in [-0.4, -0.2) is 43.2 Å². The largest absolute Gasteiger partial charge is 0.416 e. The molecule has 2 aromatic heterocycles. The number of alkyl halides is 3. The Morgan fingerprint density at radius 2 is 1.96 bits per heavy atom. The van der Waals surface area contributed by atoms with Crippen LogP contribution in [0.3, 0.4) is 0 Å². The number of fused-ring (bicyclic) bond motifs is 1. The molecule has 0 unspecified atom stereocenters. The molecule has 28 heavy (non-hydrogen) atoms. The summed E-state index contributed by atoms with van der Waals surface area (Å²) >= 11 is 0. The van der Waals surface area contributed by atoms with Gasteiger partial charge in [0.2, 0.25) is 5.91 Å². The van der Waals surface area contributed by atoms with Gasteiger partial charge in [0.15, 0.2) is 0 Å². The zero-order valence-corrected chi connectivity index (χ0v) is 15.2. The van der Waals surface area contributed by atoms with Crippen molar-refractivity contribution in [2.75, 3.05) is 13.1 Å². The lowest BCUT2D eigenvalue weighted by molar-refractivity contribution is -0.137. The molecular formula is C18H20F3N5O2. The maximum absolute atomic E-state index is 12.9. The molecule has 10 heteroatoms. The van der Waals surface area contributed by atoms with Crippen molar-refractivity contribution in [2.24, 2.45) is 0 Å². The van der Waals surface area contributed by atoms with Gasteiger partial charge in [0.05, 0.1) is 17.8 Å². The van der Waals surface area contributed by atoms with Gasteiger partial charge in [-0.2, -0.15) is 18.3 Å². The summed E-state index contributed by atoms with van der Waals surface area (Å²) in [4.78, 5) is 31.4. The maximum atomic E-state index is 12.9. The lowest BCUT2D eigenvalue weighted by Gasteiger charge is -2.27. The van der Waals surface area contributed by atoms with Crippen molar-refractivity contribution in [3.05, 3.63) is 45.9 Å². The molecule has 4 heterocycles. The van der Waals surface area contributed by atoms with Gasteiger partial charge in [-0.15, -0.1) is 0 Å². The first kappa shape index (κ1) is 18.7. The summed E-state index contributed by atoms with van der Waals surface area (Å²) in [6.07, 6.45) is 0.365. The predicted octanol–water partition coefficient (Wildman–Crippen LogP) is 2.01. The SMILES string of the molecule is O=C([C@@H]1CCCc2nn(Cc3cc(C(F)(F)F)ccn3)c(=O)n21)N1CCCC1. The van der Waals surface area contributed by atoms with Gasteiger partial charge in [0, 0.05) is 25.7 Å². The van der Waals surface area contributed by atoms with E-state index in [-0.39, 0.29) is 18.1 Å². The van der Waals surface area contributed by atoms with Gasteiger partial charge in [-0.1, -0.05) is 0 Å². The molecule has 1 fully saturated rings. The normalized spacial score (nSPS) is 19.7. The van der Waals surface area contributed by atoms with Crippen LogP contribution in [0.2, 0.25) is 0 Å². The molecule has 0 N–H and O–H groups in total. The second-order valence-electron chi connectivity index (χ2n) is 7.20. The number of rotatable bonds is 3. The van der Waals surface area contributed by atoms with Gasteiger partial charge < -0.3 is 4.90 Å². The highest BCUT2D eigenvalue weighted by Crippen LogP contribution is 2.29. The van der Waals surface area contributed by atoms with Crippen molar-refractivity contribution in [1.29, 1.82) is 0 Å². The van der Waals surface area contributed by atoms with Gasteiger partial charge in [0.1, 0.15) is 11.9 Å². The highest BCUT2D eigenvalue weighted by atomic mass is 19.4. The zero-order chi connectivity index (χ0) is 19.9. The Labute approximate surface area is 158 Å². The number of hydrogen-bond acceptors (Lipinski definition) is 4. The third-order valence-corrected chi connectivity index (χ3v) is 5.29. The zero-order valence-electron chi connectivity index (χ0n) is 15.2. The number of aryl methyl sites for hydroxylation is 1. The van der Waals surface area contributed by atoms with Gasteiger partial charge >= 0.3 is 11.9 Å². The third-order valence-electron chi connectivity index (χ3n) is 5.29. The predicted molar refractivity (Wildman–Crippen MR) is 92.6 cm³/mol. The number of likely N-dealkylation sites (tertiary alicyclic amines) is 1. The molecular weight excluding hydrogens is 375 g/mol. The van der Waals surface area contributed by atoms with Crippen LogP contribution in [0.1, 0.15) is 48.8 Å².